The molecule has 0 spiro atoms. The van der Waals surface area contributed by atoms with E-state index in [1.807, 2.05) is 50.2 Å². The van der Waals surface area contributed by atoms with E-state index >= 15 is 0 Å². The number of carbonyl (C=O) groups is 1. The van der Waals surface area contributed by atoms with Gasteiger partial charge in [0.25, 0.3) is 5.91 Å². The third-order valence-electron chi connectivity index (χ3n) is 4.58. The molecule has 2 N–H and O–H groups in total. The molecule has 3 rings (SSSR count). The van der Waals surface area contributed by atoms with Crippen molar-refractivity contribution in [2.75, 3.05) is 19.8 Å². The third kappa shape index (κ3) is 6.40. The summed E-state index contributed by atoms with van der Waals surface area (Å²) in [6.45, 7) is 4.91. The lowest BCUT2D eigenvalue weighted by atomic mass is 10.1. The van der Waals surface area contributed by atoms with Gasteiger partial charge in [-0.25, -0.2) is 0 Å². The minimum Gasteiger partial charge on any atom is -0.508 e. The van der Waals surface area contributed by atoms with Crippen LogP contribution < -0.4 is 19.5 Å². The Balaban J connectivity index is 1.61. The third-order valence-corrected chi connectivity index (χ3v) is 4.58. The second kappa shape index (κ2) is 10.9. The van der Waals surface area contributed by atoms with Gasteiger partial charge in [0.05, 0.1) is 12.6 Å². The smallest absolute Gasteiger partial charge is 0.251 e. The lowest BCUT2D eigenvalue weighted by molar-refractivity contribution is 0.0939. The van der Waals surface area contributed by atoms with Crippen molar-refractivity contribution in [3.05, 3.63) is 83.9 Å². The molecule has 6 nitrogen and oxygen atoms in total. The molecule has 31 heavy (non-hydrogen) atoms. The molecule has 0 aliphatic carbocycles. The van der Waals surface area contributed by atoms with Gasteiger partial charge >= 0.3 is 0 Å². The number of aromatic hydroxyl groups is 1. The first-order chi connectivity index (χ1) is 15.1. The van der Waals surface area contributed by atoms with Crippen LogP contribution in [0, 0.1) is 0 Å². The van der Waals surface area contributed by atoms with Crippen molar-refractivity contribution in [3.63, 3.8) is 0 Å². The minimum atomic E-state index is -0.263. The van der Waals surface area contributed by atoms with Gasteiger partial charge in [0.2, 0.25) is 0 Å². The summed E-state index contributed by atoms with van der Waals surface area (Å²) in [5, 5.41) is 12.6. The quantitative estimate of drug-likeness (QED) is 0.463. The van der Waals surface area contributed by atoms with Crippen molar-refractivity contribution in [1.82, 2.24) is 5.32 Å². The number of rotatable bonds is 10. The maximum absolute atomic E-state index is 12.7. The van der Waals surface area contributed by atoms with E-state index in [2.05, 4.69) is 5.32 Å². The normalized spacial score (nSPS) is 11.4. The minimum absolute atomic E-state index is 0.162. The van der Waals surface area contributed by atoms with E-state index in [9.17, 15) is 9.90 Å². The summed E-state index contributed by atoms with van der Waals surface area (Å²) in [5.41, 5.74) is 1.28. The van der Waals surface area contributed by atoms with Gasteiger partial charge in [0.1, 0.15) is 24.7 Å². The molecule has 162 valence electrons. The molecule has 0 aliphatic heterocycles. The Hall–Kier alpha value is -3.67. The number of para-hydroxylation sites is 1. The summed E-state index contributed by atoms with van der Waals surface area (Å²) in [7, 11) is 0. The Kier molecular flexibility index (Phi) is 7.76. The second-order valence-corrected chi connectivity index (χ2v) is 6.89. The van der Waals surface area contributed by atoms with Gasteiger partial charge < -0.3 is 24.6 Å². The Morgan fingerprint density at radius 3 is 2.42 bits per heavy atom. The Labute approximate surface area is 182 Å². The molecule has 1 amide bonds. The Morgan fingerprint density at radius 1 is 0.903 bits per heavy atom. The molecule has 3 aromatic carbocycles. The first-order valence-corrected chi connectivity index (χ1v) is 10.2. The zero-order valence-electron chi connectivity index (χ0n) is 17.7. The predicted octanol–water partition coefficient (Wildman–Crippen LogP) is 4.74. The maximum Gasteiger partial charge on any atom is 0.251 e. The van der Waals surface area contributed by atoms with Gasteiger partial charge in [-0.2, -0.15) is 0 Å². The fourth-order valence-electron chi connectivity index (χ4n) is 3.02. The molecule has 0 radical (unpaired) electrons. The maximum atomic E-state index is 12.7. The molecular formula is C25H27NO5. The monoisotopic (exact) mass is 421 g/mol. The highest BCUT2D eigenvalue weighted by molar-refractivity contribution is 5.95. The van der Waals surface area contributed by atoms with Gasteiger partial charge in [-0.3, -0.25) is 4.79 Å². The van der Waals surface area contributed by atoms with E-state index in [4.69, 9.17) is 14.2 Å². The number of ether oxygens (including phenoxy) is 3. The molecular weight excluding hydrogens is 394 g/mol. The molecule has 0 aromatic heterocycles. The number of amides is 1. The molecule has 0 aliphatic rings. The van der Waals surface area contributed by atoms with Crippen molar-refractivity contribution in [3.8, 4) is 23.0 Å². The average molecular weight is 421 g/mol. The average Bonchev–Trinajstić information content (AvgIpc) is 2.78. The van der Waals surface area contributed by atoms with E-state index in [0.717, 1.165) is 11.3 Å². The summed E-state index contributed by atoms with van der Waals surface area (Å²) in [4.78, 5) is 12.7. The number of hydrogen-bond donors (Lipinski definition) is 2. The van der Waals surface area contributed by atoms with Crippen molar-refractivity contribution in [2.45, 2.75) is 19.9 Å². The summed E-state index contributed by atoms with van der Waals surface area (Å²) in [6, 6.07) is 21.2. The number of nitrogens with one attached hydrogen (secondary N) is 1. The number of benzene rings is 3. The fourth-order valence-corrected chi connectivity index (χ4v) is 3.02. The van der Waals surface area contributed by atoms with Crippen LogP contribution in [0.3, 0.4) is 0 Å². The van der Waals surface area contributed by atoms with Gasteiger partial charge in [0, 0.05) is 5.56 Å². The lowest BCUT2D eigenvalue weighted by Gasteiger charge is -2.16. The van der Waals surface area contributed by atoms with E-state index < -0.39 is 0 Å². The van der Waals surface area contributed by atoms with E-state index in [1.165, 1.54) is 0 Å². The molecule has 1 atom stereocenters. The fraction of sp³-hybridized carbons (Fsp3) is 0.240. The summed E-state index contributed by atoms with van der Waals surface area (Å²) >= 11 is 0. The highest BCUT2D eigenvalue weighted by atomic mass is 16.5. The first-order valence-electron chi connectivity index (χ1n) is 10.2. The van der Waals surface area contributed by atoms with Crippen LogP contribution >= 0.6 is 0 Å². The highest BCUT2D eigenvalue weighted by Crippen LogP contribution is 2.29. The molecule has 0 saturated carbocycles. The number of phenolic OH excluding ortho intramolecular Hbond substituents is 1. The van der Waals surface area contributed by atoms with Crippen LogP contribution in [0.5, 0.6) is 23.0 Å². The lowest BCUT2D eigenvalue weighted by Crippen LogP contribution is -2.26. The largest absolute Gasteiger partial charge is 0.508 e. The second-order valence-electron chi connectivity index (χ2n) is 6.89. The summed E-state index contributed by atoms with van der Waals surface area (Å²) < 4.78 is 17.1. The number of phenols is 1. The molecule has 0 heterocycles. The van der Waals surface area contributed by atoms with E-state index in [1.54, 1.807) is 36.4 Å². The topological polar surface area (TPSA) is 77.0 Å². The van der Waals surface area contributed by atoms with Crippen LogP contribution in [-0.4, -0.2) is 30.8 Å². The van der Waals surface area contributed by atoms with Crippen molar-refractivity contribution < 1.29 is 24.1 Å². The predicted molar refractivity (Wildman–Crippen MR) is 119 cm³/mol. The SMILES string of the molecule is CCOc1cc(C(=O)NC(C)c2cccc(O)c2)ccc1OCCOc1ccccc1. The van der Waals surface area contributed by atoms with Crippen molar-refractivity contribution in [2.24, 2.45) is 0 Å². The van der Waals surface area contributed by atoms with E-state index in [0.29, 0.717) is 36.9 Å². The highest BCUT2D eigenvalue weighted by Gasteiger charge is 2.15. The van der Waals surface area contributed by atoms with Gasteiger partial charge in [0.15, 0.2) is 11.5 Å². The molecule has 3 aromatic rings. The van der Waals surface area contributed by atoms with Crippen molar-refractivity contribution in [1.29, 1.82) is 0 Å². The summed E-state index contributed by atoms with van der Waals surface area (Å²) in [6.07, 6.45) is 0. The molecule has 0 fully saturated rings. The van der Waals surface area contributed by atoms with Crippen LogP contribution in [-0.2, 0) is 0 Å². The summed E-state index contributed by atoms with van der Waals surface area (Å²) in [5.74, 6) is 1.76. The zero-order chi connectivity index (χ0) is 22.1. The van der Waals surface area contributed by atoms with Crippen LogP contribution in [0.1, 0.15) is 35.8 Å². The van der Waals surface area contributed by atoms with E-state index in [-0.39, 0.29) is 17.7 Å². The standard InChI is InChI=1S/C25H27NO5/c1-3-29-24-17-20(25(28)26-18(2)19-8-7-9-21(27)16-19)12-13-23(24)31-15-14-30-22-10-5-4-6-11-22/h4-13,16-18,27H,3,14-15H2,1-2H3,(H,26,28). The Bertz CT molecular complexity index is 990. The molecule has 1 unspecified atom stereocenters. The van der Waals surface area contributed by atoms with Gasteiger partial charge in [-0.1, -0.05) is 30.3 Å². The van der Waals surface area contributed by atoms with Gasteiger partial charge in [-0.15, -0.1) is 0 Å². The number of carbonyl (C=O) groups excluding carboxylic acids is 1. The molecule has 0 saturated heterocycles. The van der Waals surface area contributed by atoms with Crippen LogP contribution in [0.2, 0.25) is 0 Å². The number of hydrogen-bond acceptors (Lipinski definition) is 5. The first kappa shape index (κ1) is 22.0. The van der Waals surface area contributed by atoms with Crippen molar-refractivity contribution >= 4 is 5.91 Å². The Morgan fingerprint density at radius 2 is 1.68 bits per heavy atom. The molecule has 6 heteroatoms. The van der Waals surface area contributed by atoms with Gasteiger partial charge in [-0.05, 0) is 61.9 Å². The van der Waals surface area contributed by atoms with Crippen LogP contribution in [0.25, 0.3) is 0 Å². The van der Waals surface area contributed by atoms with Crippen LogP contribution in [0.4, 0.5) is 0 Å². The molecule has 0 bridgehead atoms. The van der Waals surface area contributed by atoms with Crippen LogP contribution in [0.15, 0.2) is 72.8 Å². The zero-order valence-corrected chi connectivity index (χ0v) is 17.7.